The summed E-state index contributed by atoms with van der Waals surface area (Å²) in [6, 6.07) is 0. The minimum absolute atomic E-state index is 0.330. The fraction of sp³-hybridized carbons (Fsp3) is 0.818. The second-order valence-electron chi connectivity index (χ2n) is 5.14. The van der Waals surface area contributed by atoms with Gasteiger partial charge in [-0.1, -0.05) is 24.9 Å². The van der Waals surface area contributed by atoms with Crippen molar-refractivity contribution < 1.29 is 4.52 Å². The van der Waals surface area contributed by atoms with Crippen LogP contribution < -0.4 is 5.73 Å². The van der Waals surface area contributed by atoms with Crippen molar-refractivity contribution in [1.29, 1.82) is 0 Å². The number of rotatable bonds is 2. The number of aromatic nitrogens is 2. The zero-order valence-corrected chi connectivity index (χ0v) is 9.07. The Balaban J connectivity index is 1.83. The lowest BCUT2D eigenvalue weighted by Gasteiger charge is -2.17. The molecular weight excluding hydrogens is 190 g/mol. The Kier molecular flexibility index (Phi) is 1.89. The van der Waals surface area contributed by atoms with Gasteiger partial charge in [-0.25, -0.2) is 0 Å². The Morgan fingerprint density at radius 3 is 2.67 bits per heavy atom. The van der Waals surface area contributed by atoms with E-state index in [1.807, 2.05) is 0 Å². The van der Waals surface area contributed by atoms with Crippen LogP contribution >= 0.6 is 0 Å². The van der Waals surface area contributed by atoms with Crippen LogP contribution in [0.2, 0.25) is 0 Å². The molecule has 2 atom stereocenters. The average Bonchev–Trinajstić information content (AvgIpc) is 2.73. The van der Waals surface area contributed by atoms with Crippen molar-refractivity contribution >= 4 is 0 Å². The molecule has 2 aliphatic carbocycles. The number of hydrogen-bond acceptors (Lipinski definition) is 4. The van der Waals surface area contributed by atoms with Gasteiger partial charge in [0, 0.05) is 5.92 Å². The summed E-state index contributed by atoms with van der Waals surface area (Å²) in [4.78, 5) is 4.47. The number of nitrogens with two attached hydrogens (primary N) is 1. The van der Waals surface area contributed by atoms with Gasteiger partial charge in [-0.05, 0) is 25.2 Å². The Labute approximate surface area is 89.2 Å². The maximum Gasteiger partial charge on any atom is 0.246 e. The van der Waals surface area contributed by atoms with Crippen LogP contribution in [0.3, 0.4) is 0 Å². The third kappa shape index (κ3) is 1.47. The molecule has 4 heteroatoms. The van der Waals surface area contributed by atoms with Crippen LogP contribution in [0, 0.1) is 5.92 Å². The second kappa shape index (κ2) is 3.04. The highest BCUT2D eigenvalue weighted by Crippen LogP contribution is 2.46. The monoisotopic (exact) mass is 207 g/mol. The van der Waals surface area contributed by atoms with Crippen molar-refractivity contribution in [1.82, 2.24) is 10.1 Å². The maximum absolute atomic E-state index is 6.25. The van der Waals surface area contributed by atoms with Crippen molar-refractivity contribution in [2.75, 3.05) is 0 Å². The molecule has 2 N–H and O–H groups in total. The molecule has 0 radical (unpaired) electrons. The quantitative estimate of drug-likeness (QED) is 0.804. The van der Waals surface area contributed by atoms with Gasteiger partial charge in [0.15, 0.2) is 5.82 Å². The highest BCUT2D eigenvalue weighted by atomic mass is 16.5. The van der Waals surface area contributed by atoms with Crippen LogP contribution in [0.4, 0.5) is 0 Å². The summed E-state index contributed by atoms with van der Waals surface area (Å²) in [5, 5.41) is 4.05. The molecule has 0 aromatic carbocycles. The first-order valence-electron chi connectivity index (χ1n) is 5.82. The molecule has 1 aromatic heterocycles. The summed E-state index contributed by atoms with van der Waals surface area (Å²) >= 11 is 0. The largest absolute Gasteiger partial charge is 0.337 e. The normalized spacial score (nSPS) is 33.2. The van der Waals surface area contributed by atoms with Gasteiger partial charge < -0.3 is 10.3 Å². The SMILES string of the molecule is CC1CC1c1noc(C2(N)CCCC2)n1. The van der Waals surface area contributed by atoms with Crippen molar-refractivity contribution in [3.8, 4) is 0 Å². The lowest BCUT2D eigenvalue weighted by atomic mass is 9.99. The summed E-state index contributed by atoms with van der Waals surface area (Å²) in [6.07, 6.45) is 5.50. The topological polar surface area (TPSA) is 64.9 Å². The van der Waals surface area contributed by atoms with E-state index in [-0.39, 0.29) is 5.54 Å². The highest BCUT2D eigenvalue weighted by molar-refractivity contribution is 5.11. The predicted octanol–water partition coefficient (Wildman–Crippen LogP) is 1.92. The van der Waals surface area contributed by atoms with Gasteiger partial charge in [0.1, 0.15) is 0 Å². The summed E-state index contributed by atoms with van der Waals surface area (Å²) in [5.41, 5.74) is 5.92. The van der Waals surface area contributed by atoms with E-state index in [9.17, 15) is 0 Å². The van der Waals surface area contributed by atoms with Gasteiger partial charge in [-0.15, -0.1) is 0 Å². The molecule has 0 spiro atoms. The molecule has 0 saturated heterocycles. The average molecular weight is 207 g/mol. The molecule has 1 aromatic rings. The van der Waals surface area contributed by atoms with E-state index in [2.05, 4.69) is 17.1 Å². The molecule has 2 saturated carbocycles. The van der Waals surface area contributed by atoms with Crippen molar-refractivity contribution in [2.45, 2.75) is 50.5 Å². The minimum Gasteiger partial charge on any atom is -0.337 e. The first-order valence-corrected chi connectivity index (χ1v) is 5.82. The van der Waals surface area contributed by atoms with Gasteiger partial charge in [-0.2, -0.15) is 4.98 Å². The van der Waals surface area contributed by atoms with E-state index in [4.69, 9.17) is 10.3 Å². The fourth-order valence-corrected chi connectivity index (χ4v) is 2.49. The molecule has 0 amide bonds. The van der Waals surface area contributed by atoms with Crippen molar-refractivity contribution in [3.63, 3.8) is 0 Å². The van der Waals surface area contributed by atoms with E-state index in [1.54, 1.807) is 0 Å². The first kappa shape index (κ1) is 9.33. The number of nitrogens with zero attached hydrogens (tertiary/aromatic N) is 2. The number of hydrogen-bond donors (Lipinski definition) is 1. The van der Waals surface area contributed by atoms with Crippen molar-refractivity contribution in [2.24, 2.45) is 11.7 Å². The van der Waals surface area contributed by atoms with Crippen LogP contribution in [0.25, 0.3) is 0 Å². The molecule has 4 nitrogen and oxygen atoms in total. The van der Waals surface area contributed by atoms with Crippen LogP contribution in [-0.4, -0.2) is 10.1 Å². The zero-order valence-electron chi connectivity index (χ0n) is 9.07. The van der Waals surface area contributed by atoms with E-state index in [0.717, 1.165) is 18.7 Å². The van der Waals surface area contributed by atoms with E-state index >= 15 is 0 Å². The third-order valence-corrected chi connectivity index (χ3v) is 3.80. The van der Waals surface area contributed by atoms with Crippen LogP contribution in [0.1, 0.15) is 56.7 Å². The van der Waals surface area contributed by atoms with E-state index in [0.29, 0.717) is 17.7 Å². The molecule has 15 heavy (non-hydrogen) atoms. The van der Waals surface area contributed by atoms with Crippen LogP contribution in [0.15, 0.2) is 4.52 Å². The molecule has 2 unspecified atom stereocenters. The fourth-order valence-electron chi connectivity index (χ4n) is 2.49. The molecular formula is C11H17N3O. The Hall–Kier alpha value is -0.900. The summed E-state index contributed by atoms with van der Waals surface area (Å²) in [7, 11) is 0. The highest BCUT2D eigenvalue weighted by Gasteiger charge is 2.41. The van der Waals surface area contributed by atoms with Gasteiger partial charge >= 0.3 is 0 Å². The first-order chi connectivity index (χ1) is 7.19. The molecule has 3 rings (SSSR count). The summed E-state index contributed by atoms with van der Waals surface area (Å²) in [6.45, 7) is 2.22. The smallest absolute Gasteiger partial charge is 0.246 e. The third-order valence-electron chi connectivity index (χ3n) is 3.80. The molecule has 0 bridgehead atoms. The molecule has 1 heterocycles. The predicted molar refractivity (Wildman–Crippen MR) is 55.2 cm³/mol. The Bertz CT molecular complexity index is 368. The maximum atomic E-state index is 6.25. The standard InChI is InChI=1S/C11H17N3O/c1-7-6-8(7)9-13-10(15-14-9)11(12)4-2-3-5-11/h7-8H,2-6,12H2,1H3. The zero-order chi connectivity index (χ0) is 10.5. The minimum atomic E-state index is -0.330. The van der Waals surface area contributed by atoms with Crippen LogP contribution in [-0.2, 0) is 5.54 Å². The molecule has 2 fully saturated rings. The molecule has 82 valence electrons. The second-order valence-corrected chi connectivity index (χ2v) is 5.14. The summed E-state index contributed by atoms with van der Waals surface area (Å²) < 4.78 is 5.32. The molecule has 2 aliphatic rings. The Morgan fingerprint density at radius 2 is 2.07 bits per heavy atom. The molecule has 0 aliphatic heterocycles. The van der Waals surface area contributed by atoms with E-state index in [1.165, 1.54) is 19.3 Å². The summed E-state index contributed by atoms with van der Waals surface area (Å²) in [5.74, 6) is 2.77. The van der Waals surface area contributed by atoms with Gasteiger partial charge in [-0.3, -0.25) is 0 Å². The van der Waals surface area contributed by atoms with E-state index < -0.39 is 0 Å². The van der Waals surface area contributed by atoms with Gasteiger partial charge in [0.2, 0.25) is 5.89 Å². The lowest BCUT2D eigenvalue weighted by molar-refractivity contribution is 0.283. The van der Waals surface area contributed by atoms with Gasteiger partial charge in [0.25, 0.3) is 0 Å². The lowest BCUT2D eigenvalue weighted by Crippen LogP contribution is -2.33. The Morgan fingerprint density at radius 1 is 1.40 bits per heavy atom. The van der Waals surface area contributed by atoms with Gasteiger partial charge in [0.05, 0.1) is 5.54 Å². The van der Waals surface area contributed by atoms with Crippen molar-refractivity contribution in [3.05, 3.63) is 11.7 Å². The van der Waals surface area contributed by atoms with Crippen LogP contribution in [0.5, 0.6) is 0 Å².